The first-order chi connectivity index (χ1) is 13.1. The van der Waals surface area contributed by atoms with Gasteiger partial charge < -0.3 is 9.64 Å². The van der Waals surface area contributed by atoms with Gasteiger partial charge in [-0.2, -0.15) is 0 Å². The van der Waals surface area contributed by atoms with Gasteiger partial charge in [-0.1, -0.05) is 12.1 Å². The van der Waals surface area contributed by atoms with E-state index < -0.39 is 34.3 Å². The number of hydrogen-bond donors (Lipinski definition) is 0. The minimum Gasteiger partial charge on any atom is -0.465 e. The van der Waals surface area contributed by atoms with Crippen molar-refractivity contribution in [2.24, 2.45) is 0 Å². The Hall–Kier alpha value is -2.94. The van der Waals surface area contributed by atoms with Crippen molar-refractivity contribution >= 4 is 27.6 Å². The highest BCUT2D eigenvalue weighted by Crippen LogP contribution is 2.19. The molecule has 0 fully saturated rings. The number of anilines is 1. The molecule has 1 amide bonds. The lowest BCUT2D eigenvalue weighted by molar-refractivity contribution is -0.128. The van der Waals surface area contributed by atoms with Crippen LogP contribution >= 0.6 is 0 Å². The number of esters is 1. The van der Waals surface area contributed by atoms with Crippen LogP contribution in [0.3, 0.4) is 0 Å². The van der Waals surface area contributed by atoms with Crippen molar-refractivity contribution in [2.75, 3.05) is 31.3 Å². The number of methoxy groups -OCH3 is 1. The van der Waals surface area contributed by atoms with Crippen LogP contribution in [0.15, 0.2) is 48.5 Å². The zero-order valence-electron chi connectivity index (χ0n) is 15.8. The molecule has 0 saturated carbocycles. The molecule has 0 heterocycles. The normalized spacial score (nSPS) is 11.0. The predicted molar refractivity (Wildman–Crippen MR) is 103 cm³/mol. The molecule has 7 nitrogen and oxygen atoms in total. The fourth-order valence-electron chi connectivity index (χ4n) is 2.52. The van der Waals surface area contributed by atoms with Crippen molar-refractivity contribution in [3.63, 3.8) is 0 Å². The van der Waals surface area contributed by atoms with Crippen molar-refractivity contribution in [2.45, 2.75) is 6.54 Å². The van der Waals surface area contributed by atoms with Crippen LogP contribution in [0.1, 0.15) is 15.9 Å². The van der Waals surface area contributed by atoms with Gasteiger partial charge in [-0.15, -0.1) is 0 Å². The standard InChI is InChI=1S/C19H21FN2O5S/c1-21(12-14-5-4-6-16(20)11-14)18(23)13-22(28(3,25)26)17-9-7-15(8-10-17)19(24)27-2/h4-11H,12-13H2,1-3H3. The average molecular weight is 408 g/mol. The number of ether oxygens (including phenoxy) is 1. The maximum absolute atomic E-state index is 13.3. The van der Waals surface area contributed by atoms with Gasteiger partial charge in [0.25, 0.3) is 0 Å². The molecule has 0 unspecified atom stereocenters. The fraction of sp³-hybridized carbons (Fsp3) is 0.263. The largest absolute Gasteiger partial charge is 0.465 e. The summed E-state index contributed by atoms with van der Waals surface area (Å²) in [6.45, 7) is -0.294. The molecule has 0 atom stereocenters. The minimum atomic E-state index is -3.76. The zero-order chi connectivity index (χ0) is 20.9. The Kier molecular flexibility index (Phi) is 6.74. The van der Waals surface area contributed by atoms with Gasteiger partial charge >= 0.3 is 5.97 Å². The molecule has 0 N–H and O–H groups in total. The quantitative estimate of drug-likeness (QED) is 0.655. The van der Waals surface area contributed by atoms with Gasteiger partial charge in [0.1, 0.15) is 12.4 Å². The first kappa shape index (κ1) is 21.4. The predicted octanol–water partition coefficient (Wildman–Crippen LogP) is 2.04. The van der Waals surface area contributed by atoms with Crippen molar-refractivity contribution < 1.29 is 27.1 Å². The number of nitrogens with zero attached hydrogens (tertiary/aromatic N) is 2. The number of sulfonamides is 1. The van der Waals surface area contributed by atoms with E-state index in [1.165, 1.54) is 61.5 Å². The number of likely N-dealkylation sites (N-methyl/N-ethyl adjacent to an activating group) is 1. The highest BCUT2D eigenvalue weighted by molar-refractivity contribution is 7.92. The summed E-state index contributed by atoms with van der Waals surface area (Å²) < 4.78 is 43.2. The van der Waals surface area contributed by atoms with Gasteiger partial charge in [0.2, 0.25) is 15.9 Å². The monoisotopic (exact) mass is 408 g/mol. The minimum absolute atomic E-state index is 0.134. The number of carbonyl (C=O) groups excluding carboxylic acids is 2. The van der Waals surface area contributed by atoms with E-state index >= 15 is 0 Å². The smallest absolute Gasteiger partial charge is 0.337 e. The third-order valence-electron chi connectivity index (χ3n) is 3.99. The molecule has 0 spiro atoms. The van der Waals surface area contributed by atoms with E-state index in [1.54, 1.807) is 6.07 Å². The van der Waals surface area contributed by atoms with E-state index in [-0.39, 0.29) is 17.8 Å². The van der Waals surface area contributed by atoms with E-state index in [4.69, 9.17) is 0 Å². The van der Waals surface area contributed by atoms with E-state index in [0.717, 1.165) is 10.6 Å². The first-order valence-electron chi connectivity index (χ1n) is 8.26. The van der Waals surface area contributed by atoms with Crippen LogP contribution < -0.4 is 4.31 Å². The molecule has 9 heteroatoms. The molecule has 0 saturated heterocycles. The van der Waals surface area contributed by atoms with Crippen molar-refractivity contribution in [3.8, 4) is 0 Å². The summed E-state index contributed by atoms with van der Waals surface area (Å²) in [7, 11) is -1.00. The summed E-state index contributed by atoms with van der Waals surface area (Å²) in [5.41, 5.74) is 1.08. The van der Waals surface area contributed by atoms with Crippen molar-refractivity contribution in [1.82, 2.24) is 4.90 Å². The van der Waals surface area contributed by atoms with Gasteiger partial charge in [0.05, 0.1) is 24.6 Å². The molecule has 2 rings (SSSR count). The summed E-state index contributed by atoms with van der Waals surface area (Å²) in [6.07, 6.45) is 0.987. The summed E-state index contributed by atoms with van der Waals surface area (Å²) in [4.78, 5) is 25.4. The molecule has 2 aromatic carbocycles. The Morgan fingerprint density at radius 2 is 1.75 bits per heavy atom. The Morgan fingerprint density at radius 1 is 1.11 bits per heavy atom. The van der Waals surface area contributed by atoms with Crippen LogP contribution in [0.5, 0.6) is 0 Å². The first-order valence-corrected chi connectivity index (χ1v) is 10.1. The van der Waals surface area contributed by atoms with Gasteiger partial charge in [-0.05, 0) is 42.0 Å². The van der Waals surface area contributed by atoms with Crippen LogP contribution in [0.25, 0.3) is 0 Å². The van der Waals surface area contributed by atoms with E-state index in [1.807, 2.05) is 0 Å². The highest BCUT2D eigenvalue weighted by Gasteiger charge is 2.23. The Bertz CT molecular complexity index is 961. The molecule has 2 aromatic rings. The second-order valence-electron chi connectivity index (χ2n) is 6.19. The molecule has 0 aromatic heterocycles. The molecule has 0 aliphatic heterocycles. The summed E-state index contributed by atoms with van der Waals surface area (Å²) in [6, 6.07) is 11.5. The lowest BCUT2D eigenvalue weighted by Gasteiger charge is -2.25. The number of carbonyl (C=O) groups is 2. The molecule has 150 valence electrons. The maximum atomic E-state index is 13.3. The van der Waals surface area contributed by atoms with E-state index in [0.29, 0.717) is 5.56 Å². The van der Waals surface area contributed by atoms with Gasteiger partial charge in [-0.3, -0.25) is 9.10 Å². The maximum Gasteiger partial charge on any atom is 0.337 e. The van der Waals surface area contributed by atoms with Crippen LogP contribution in [0.4, 0.5) is 10.1 Å². The fourth-order valence-corrected chi connectivity index (χ4v) is 3.37. The van der Waals surface area contributed by atoms with E-state index in [2.05, 4.69) is 4.74 Å². The van der Waals surface area contributed by atoms with Crippen LogP contribution in [-0.4, -0.2) is 52.2 Å². The number of rotatable bonds is 7. The third-order valence-corrected chi connectivity index (χ3v) is 5.13. The third kappa shape index (κ3) is 5.53. The van der Waals surface area contributed by atoms with E-state index in [9.17, 15) is 22.4 Å². The Morgan fingerprint density at radius 3 is 2.29 bits per heavy atom. The molecule has 0 aliphatic carbocycles. The van der Waals surface area contributed by atoms with Gasteiger partial charge in [0, 0.05) is 13.6 Å². The Balaban J connectivity index is 2.17. The van der Waals surface area contributed by atoms with Crippen LogP contribution in [0, 0.1) is 5.82 Å². The topological polar surface area (TPSA) is 84.0 Å². The summed E-state index contributed by atoms with van der Waals surface area (Å²) in [5, 5.41) is 0. The van der Waals surface area contributed by atoms with Crippen LogP contribution in [-0.2, 0) is 26.1 Å². The number of benzene rings is 2. The number of halogens is 1. The molecule has 0 aliphatic rings. The second-order valence-corrected chi connectivity index (χ2v) is 8.09. The van der Waals surface area contributed by atoms with Gasteiger partial charge in [-0.25, -0.2) is 17.6 Å². The average Bonchev–Trinajstić information content (AvgIpc) is 2.64. The van der Waals surface area contributed by atoms with Crippen LogP contribution in [0.2, 0.25) is 0 Å². The molecular formula is C19H21FN2O5S. The summed E-state index contributed by atoms with van der Waals surface area (Å²) >= 11 is 0. The number of amides is 1. The van der Waals surface area contributed by atoms with Crippen molar-refractivity contribution in [3.05, 3.63) is 65.5 Å². The second kappa shape index (κ2) is 8.83. The molecule has 28 heavy (non-hydrogen) atoms. The van der Waals surface area contributed by atoms with Gasteiger partial charge in [0.15, 0.2) is 0 Å². The molecule has 0 radical (unpaired) electrons. The molecular weight excluding hydrogens is 387 g/mol. The lowest BCUT2D eigenvalue weighted by atomic mass is 10.2. The number of hydrogen-bond acceptors (Lipinski definition) is 5. The molecule has 0 bridgehead atoms. The SMILES string of the molecule is COC(=O)c1ccc(N(CC(=O)N(C)Cc2cccc(F)c2)S(C)(=O)=O)cc1. The Labute approximate surface area is 163 Å². The lowest BCUT2D eigenvalue weighted by Crippen LogP contribution is -2.41. The summed E-state index contributed by atoms with van der Waals surface area (Å²) in [5.74, 6) is -1.43. The van der Waals surface area contributed by atoms with Crippen molar-refractivity contribution in [1.29, 1.82) is 0 Å². The highest BCUT2D eigenvalue weighted by atomic mass is 32.2. The zero-order valence-corrected chi connectivity index (χ0v) is 16.6.